The van der Waals surface area contributed by atoms with Gasteiger partial charge in [0.2, 0.25) is 0 Å². The third-order valence-electron chi connectivity index (χ3n) is 3.15. The van der Waals surface area contributed by atoms with Gasteiger partial charge in [-0.05, 0) is 37.1 Å². The molecule has 0 saturated carbocycles. The molecule has 0 bridgehead atoms. The zero-order valence-electron chi connectivity index (χ0n) is 10.6. The topological polar surface area (TPSA) is 47.6 Å². The zero-order valence-corrected chi connectivity index (χ0v) is 10.6. The molecule has 0 aromatic heterocycles. The fraction of sp³-hybridized carbons (Fsp3) is 0.500. The van der Waals surface area contributed by atoms with Gasteiger partial charge in [0, 0.05) is 6.54 Å². The number of rotatable bonds is 4. The molecule has 1 aliphatic heterocycles. The molecular weight excluding hydrogens is 230 g/mol. The summed E-state index contributed by atoms with van der Waals surface area (Å²) in [5.41, 5.74) is 0.950. The van der Waals surface area contributed by atoms with Gasteiger partial charge in [0.25, 0.3) is 0 Å². The van der Waals surface area contributed by atoms with E-state index < -0.39 is 0 Å². The molecule has 1 aromatic carbocycles. The third-order valence-corrected chi connectivity index (χ3v) is 3.15. The minimum atomic E-state index is -0.106. The van der Waals surface area contributed by atoms with Crippen LogP contribution in [0.3, 0.4) is 0 Å². The summed E-state index contributed by atoms with van der Waals surface area (Å²) >= 11 is 0. The van der Waals surface area contributed by atoms with Crippen LogP contribution in [0.15, 0.2) is 24.3 Å². The summed E-state index contributed by atoms with van der Waals surface area (Å²) in [5, 5.41) is 3.21. The molecule has 18 heavy (non-hydrogen) atoms. The lowest BCUT2D eigenvalue weighted by atomic mass is 10.0. The summed E-state index contributed by atoms with van der Waals surface area (Å²) in [7, 11) is 1.62. The summed E-state index contributed by atoms with van der Waals surface area (Å²) in [4.78, 5) is 11.8. The SMILES string of the molecule is COc1cccc(COC(=O)C2CCCNC2)c1. The van der Waals surface area contributed by atoms with Crippen LogP contribution in [0.4, 0.5) is 0 Å². The molecule has 1 aromatic rings. The monoisotopic (exact) mass is 249 g/mol. The Kier molecular flexibility index (Phi) is 4.59. The van der Waals surface area contributed by atoms with Crippen LogP contribution in [-0.4, -0.2) is 26.2 Å². The van der Waals surface area contributed by atoms with Crippen molar-refractivity contribution in [3.63, 3.8) is 0 Å². The molecule has 1 aliphatic rings. The van der Waals surface area contributed by atoms with Gasteiger partial charge >= 0.3 is 5.97 Å². The summed E-state index contributed by atoms with van der Waals surface area (Å²) in [6.07, 6.45) is 1.96. The Labute approximate surface area is 107 Å². The van der Waals surface area contributed by atoms with Crippen LogP contribution < -0.4 is 10.1 Å². The molecule has 1 saturated heterocycles. The molecule has 0 aliphatic carbocycles. The van der Waals surface area contributed by atoms with Crippen molar-refractivity contribution in [2.75, 3.05) is 20.2 Å². The minimum absolute atomic E-state index is 0.00403. The lowest BCUT2D eigenvalue weighted by molar-refractivity contribution is -0.150. The van der Waals surface area contributed by atoms with Gasteiger partial charge in [-0.3, -0.25) is 4.79 Å². The van der Waals surface area contributed by atoms with Gasteiger partial charge in [-0.15, -0.1) is 0 Å². The highest BCUT2D eigenvalue weighted by Gasteiger charge is 2.22. The molecule has 0 amide bonds. The maximum absolute atomic E-state index is 11.8. The van der Waals surface area contributed by atoms with Gasteiger partial charge in [-0.25, -0.2) is 0 Å². The second kappa shape index (κ2) is 6.40. The third kappa shape index (κ3) is 3.47. The number of carbonyl (C=O) groups is 1. The van der Waals surface area contributed by atoms with Crippen LogP contribution >= 0.6 is 0 Å². The average molecular weight is 249 g/mol. The van der Waals surface area contributed by atoms with E-state index >= 15 is 0 Å². The Morgan fingerprint density at radius 2 is 2.39 bits per heavy atom. The van der Waals surface area contributed by atoms with E-state index in [9.17, 15) is 4.79 Å². The first-order chi connectivity index (χ1) is 8.79. The van der Waals surface area contributed by atoms with E-state index in [1.807, 2.05) is 24.3 Å². The van der Waals surface area contributed by atoms with Gasteiger partial charge in [0.1, 0.15) is 12.4 Å². The first-order valence-electron chi connectivity index (χ1n) is 6.30. The van der Waals surface area contributed by atoms with E-state index in [0.717, 1.165) is 37.2 Å². The van der Waals surface area contributed by atoms with Crippen molar-refractivity contribution in [1.82, 2.24) is 5.32 Å². The standard InChI is InChI=1S/C14H19NO3/c1-17-13-6-2-4-11(8-13)10-18-14(16)12-5-3-7-15-9-12/h2,4,6,8,12,15H,3,5,7,9-10H2,1H3. The molecule has 0 spiro atoms. The van der Waals surface area contributed by atoms with Crippen LogP contribution in [-0.2, 0) is 16.1 Å². The smallest absolute Gasteiger partial charge is 0.310 e. The molecule has 1 N–H and O–H groups in total. The molecule has 1 fully saturated rings. The fourth-order valence-corrected chi connectivity index (χ4v) is 2.09. The first kappa shape index (κ1) is 12.9. The largest absolute Gasteiger partial charge is 0.497 e. The number of carbonyl (C=O) groups excluding carboxylic acids is 1. The normalized spacial score (nSPS) is 19.3. The van der Waals surface area contributed by atoms with E-state index in [1.165, 1.54) is 0 Å². The minimum Gasteiger partial charge on any atom is -0.497 e. The van der Waals surface area contributed by atoms with Crippen molar-refractivity contribution in [2.24, 2.45) is 5.92 Å². The molecule has 2 rings (SSSR count). The van der Waals surface area contributed by atoms with Gasteiger partial charge in [-0.1, -0.05) is 12.1 Å². The fourth-order valence-electron chi connectivity index (χ4n) is 2.09. The number of hydrogen-bond acceptors (Lipinski definition) is 4. The number of ether oxygens (including phenoxy) is 2. The Balaban J connectivity index is 1.84. The van der Waals surface area contributed by atoms with Crippen LogP contribution in [0.25, 0.3) is 0 Å². The number of piperidine rings is 1. The summed E-state index contributed by atoms with van der Waals surface area (Å²) in [6.45, 7) is 2.04. The number of hydrogen-bond donors (Lipinski definition) is 1. The predicted molar refractivity (Wildman–Crippen MR) is 68.4 cm³/mol. The Morgan fingerprint density at radius 3 is 3.11 bits per heavy atom. The Hall–Kier alpha value is -1.55. The highest BCUT2D eigenvalue weighted by molar-refractivity contribution is 5.72. The first-order valence-corrected chi connectivity index (χ1v) is 6.30. The van der Waals surface area contributed by atoms with Crippen molar-refractivity contribution < 1.29 is 14.3 Å². The second-order valence-corrected chi connectivity index (χ2v) is 4.50. The lowest BCUT2D eigenvalue weighted by Gasteiger charge is -2.21. The molecule has 4 heteroatoms. The van der Waals surface area contributed by atoms with Crippen LogP contribution in [0.5, 0.6) is 5.75 Å². The summed E-state index contributed by atoms with van der Waals surface area (Å²) < 4.78 is 10.5. The quantitative estimate of drug-likeness (QED) is 0.826. The lowest BCUT2D eigenvalue weighted by Crippen LogP contribution is -2.35. The molecule has 1 unspecified atom stereocenters. The van der Waals surface area contributed by atoms with Crippen molar-refractivity contribution in [3.8, 4) is 5.75 Å². The van der Waals surface area contributed by atoms with Crippen molar-refractivity contribution in [2.45, 2.75) is 19.4 Å². The van der Waals surface area contributed by atoms with E-state index in [4.69, 9.17) is 9.47 Å². The highest BCUT2D eigenvalue weighted by atomic mass is 16.5. The Bertz CT molecular complexity index is 400. The molecule has 98 valence electrons. The number of methoxy groups -OCH3 is 1. The van der Waals surface area contributed by atoms with E-state index in [0.29, 0.717) is 6.61 Å². The zero-order chi connectivity index (χ0) is 12.8. The number of benzene rings is 1. The summed E-state index contributed by atoms with van der Waals surface area (Å²) in [5.74, 6) is 0.678. The van der Waals surface area contributed by atoms with Crippen molar-refractivity contribution in [3.05, 3.63) is 29.8 Å². The van der Waals surface area contributed by atoms with Crippen LogP contribution in [0.2, 0.25) is 0 Å². The van der Waals surface area contributed by atoms with Crippen molar-refractivity contribution >= 4 is 5.97 Å². The van der Waals surface area contributed by atoms with E-state index in [1.54, 1.807) is 7.11 Å². The summed E-state index contributed by atoms with van der Waals surface area (Å²) in [6, 6.07) is 7.57. The van der Waals surface area contributed by atoms with Crippen LogP contribution in [0, 0.1) is 5.92 Å². The number of esters is 1. The van der Waals surface area contributed by atoms with E-state index in [2.05, 4.69) is 5.32 Å². The number of nitrogens with one attached hydrogen (secondary N) is 1. The van der Waals surface area contributed by atoms with E-state index in [-0.39, 0.29) is 11.9 Å². The molecular formula is C14H19NO3. The maximum atomic E-state index is 11.8. The van der Waals surface area contributed by atoms with Crippen LogP contribution in [0.1, 0.15) is 18.4 Å². The Morgan fingerprint density at radius 1 is 1.50 bits per heavy atom. The van der Waals surface area contributed by atoms with Gasteiger partial charge in [0.15, 0.2) is 0 Å². The van der Waals surface area contributed by atoms with Gasteiger partial charge < -0.3 is 14.8 Å². The predicted octanol–water partition coefficient (Wildman–Crippen LogP) is 1.74. The average Bonchev–Trinajstić information content (AvgIpc) is 2.46. The maximum Gasteiger partial charge on any atom is 0.310 e. The van der Waals surface area contributed by atoms with Gasteiger partial charge in [-0.2, -0.15) is 0 Å². The van der Waals surface area contributed by atoms with Gasteiger partial charge in [0.05, 0.1) is 13.0 Å². The molecule has 0 radical (unpaired) electrons. The highest BCUT2D eigenvalue weighted by Crippen LogP contribution is 2.16. The molecule has 1 atom stereocenters. The van der Waals surface area contributed by atoms with Crippen molar-refractivity contribution in [1.29, 1.82) is 0 Å². The second-order valence-electron chi connectivity index (χ2n) is 4.50. The molecule has 1 heterocycles. The molecule has 4 nitrogen and oxygen atoms in total.